The third-order valence-electron chi connectivity index (χ3n) is 9.61. The molecule has 4 heteroatoms. The Morgan fingerprint density at radius 2 is 1.52 bits per heavy atom. The number of furan rings is 1. The summed E-state index contributed by atoms with van der Waals surface area (Å²) in [5.74, 6) is -0.192. The van der Waals surface area contributed by atoms with Crippen LogP contribution in [0.15, 0.2) is 132 Å². The minimum atomic E-state index is -2.61. The van der Waals surface area contributed by atoms with Crippen LogP contribution < -0.4 is 0 Å². The molecule has 3 aromatic heterocycles. The zero-order valence-corrected chi connectivity index (χ0v) is 31.6. The maximum atomic E-state index is 8.82. The Bertz CT molecular complexity index is 3060. The maximum absolute atomic E-state index is 8.82. The standard InChI is InChI=1S/C31H28NO.C19H16N.Ir/c1-20-16-23(17-22-8-3-4-9-22)14-15-24(20)28-18-29(32-19-21(28)2)27-12-7-11-26-25-10-5-6-13-30(25)33-31(26)27;1-14-8-11-19(20-13-14)17-10-9-15(2)18(12-17)16-6-4-3-5-7-16;/h5-7,10-11,13-16,18-19,22H,3-4,8-9,17H2,1-2H3;3-9,11-13H,1-2H3;/q2*-1;/i1D3,2D3,17D2;1D3,2D3;. The van der Waals surface area contributed by atoms with Gasteiger partial charge in [0.25, 0.3) is 0 Å². The molecule has 0 aliphatic heterocycles. The van der Waals surface area contributed by atoms with E-state index in [1.165, 1.54) is 30.6 Å². The number of para-hydroxylation sites is 1. The average molecular weight is 895 g/mol. The molecule has 0 N–H and O–H groups in total. The van der Waals surface area contributed by atoms with Crippen molar-refractivity contribution in [1.82, 2.24) is 9.97 Å². The second-order valence-electron chi connectivity index (χ2n) is 13.2. The summed E-state index contributed by atoms with van der Waals surface area (Å²) in [6, 6.07) is 39.1. The van der Waals surface area contributed by atoms with E-state index < -0.39 is 33.8 Å². The SMILES string of the molecule is [2H]C([2H])([2H])c1ccc(-c2[c-]cc(C([2H])([2H])[2H])c(-c3ccccc3)c2)nc1.[2H]C([2H])([2H])c1cnc(-c2[c-]ccc3c2oc2ccccc23)cc1-c1ccc(C([2H])([2H])C2CCCC2)cc1C([2H])([2H])[2H].[Ir]. The molecule has 8 aromatic rings. The molecular weight excluding hydrogens is 837 g/mol. The van der Waals surface area contributed by atoms with Gasteiger partial charge >= 0.3 is 0 Å². The number of hydrogen-bond donors (Lipinski definition) is 0. The maximum Gasteiger partial charge on any atom is 0.120 e. The summed E-state index contributed by atoms with van der Waals surface area (Å²) in [7, 11) is 0. The average Bonchev–Trinajstić information content (AvgIpc) is 3.98. The fourth-order valence-electron chi connectivity index (χ4n) is 6.92. The number of pyridine rings is 2. The molecule has 0 atom stereocenters. The Morgan fingerprint density at radius 1 is 0.704 bits per heavy atom. The first-order valence-corrected chi connectivity index (χ1v) is 17.6. The topological polar surface area (TPSA) is 38.9 Å². The molecule has 1 aliphatic carbocycles. The van der Waals surface area contributed by atoms with E-state index in [0.29, 0.717) is 44.8 Å². The van der Waals surface area contributed by atoms with E-state index in [1.54, 1.807) is 36.4 Å². The van der Waals surface area contributed by atoms with E-state index in [-0.39, 0.29) is 59.4 Å². The first-order chi connectivity index (χ1) is 31.5. The first-order valence-electron chi connectivity index (χ1n) is 24.6. The van der Waals surface area contributed by atoms with Crippen LogP contribution in [0.1, 0.15) is 72.7 Å². The normalized spacial score (nSPS) is 17.8. The van der Waals surface area contributed by atoms with Crippen LogP contribution in [0, 0.1) is 45.5 Å². The first kappa shape index (κ1) is 23.6. The molecule has 3 nitrogen and oxygen atoms in total. The molecule has 1 fully saturated rings. The van der Waals surface area contributed by atoms with Crippen LogP contribution in [0.4, 0.5) is 0 Å². The fourth-order valence-corrected chi connectivity index (χ4v) is 6.92. The Labute approximate surface area is 352 Å². The Balaban J connectivity index is 0.000000219. The van der Waals surface area contributed by atoms with E-state index >= 15 is 0 Å². The third kappa shape index (κ3) is 7.87. The molecule has 1 aliphatic rings. The van der Waals surface area contributed by atoms with Crippen LogP contribution >= 0.6 is 0 Å². The summed E-state index contributed by atoms with van der Waals surface area (Å²) in [4.78, 5) is 8.68. The fraction of sp³-hybridized carbons (Fsp3) is 0.200. The second kappa shape index (κ2) is 16.5. The quantitative estimate of drug-likeness (QED) is 0.156. The van der Waals surface area contributed by atoms with Gasteiger partial charge in [0.1, 0.15) is 5.58 Å². The van der Waals surface area contributed by atoms with Gasteiger partial charge in [-0.1, -0.05) is 134 Å². The van der Waals surface area contributed by atoms with Crippen LogP contribution in [-0.4, -0.2) is 9.97 Å². The van der Waals surface area contributed by atoms with Gasteiger partial charge in [-0.05, 0) is 89.2 Å². The predicted molar refractivity (Wildman–Crippen MR) is 220 cm³/mol. The van der Waals surface area contributed by atoms with Gasteiger partial charge in [-0.25, -0.2) is 0 Å². The van der Waals surface area contributed by atoms with Gasteiger partial charge in [0.15, 0.2) is 0 Å². The molecule has 0 amide bonds. The van der Waals surface area contributed by atoms with E-state index in [9.17, 15) is 0 Å². The van der Waals surface area contributed by atoms with Crippen molar-refractivity contribution in [2.24, 2.45) is 5.92 Å². The van der Waals surface area contributed by atoms with Crippen LogP contribution in [0.2, 0.25) is 0 Å². The third-order valence-corrected chi connectivity index (χ3v) is 9.61. The zero-order valence-electron chi connectivity index (χ0n) is 43.2. The summed E-state index contributed by atoms with van der Waals surface area (Å²) in [6.45, 7) is -9.66. The Kier molecular flexibility index (Phi) is 7.20. The minimum Gasteiger partial charge on any atom is -0.501 e. The summed E-state index contributed by atoms with van der Waals surface area (Å²) >= 11 is 0. The Hall–Kier alpha value is -5.15. The van der Waals surface area contributed by atoms with Crippen molar-refractivity contribution >= 4 is 21.9 Å². The number of nitrogens with zero attached hydrogens (tertiary/aromatic N) is 2. The summed E-state index contributed by atoms with van der Waals surface area (Å²) in [5, 5.41) is 1.79. The number of rotatable bonds is 6. The Morgan fingerprint density at radius 3 is 2.31 bits per heavy atom. The number of hydrogen-bond acceptors (Lipinski definition) is 3. The number of aromatic nitrogens is 2. The summed E-state index contributed by atoms with van der Waals surface area (Å²) in [5.41, 5.74) is 5.57. The van der Waals surface area contributed by atoms with Crippen LogP contribution in [0.5, 0.6) is 0 Å². The van der Waals surface area contributed by atoms with Crippen LogP contribution in [0.25, 0.3) is 66.7 Å². The van der Waals surface area contributed by atoms with Crippen molar-refractivity contribution in [2.75, 3.05) is 0 Å². The molecule has 9 rings (SSSR count). The zero-order chi connectivity index (χ0) is 48.1. The number of fused-ring (bicyclic) bond motifs is 3. The number of aryl methyl sites for hydroxylation is 4. The molecule has 0 unspecified atom stereocenters. The van der Waals surface area contributed by atoms with Gasteiger partial charge in [-0.2, -0.15) is 0 Å². The van der Waals surface area contributed by atoms with Crippen molar-refractivity contribution in [1.29, 1.82) is 0 Å². The second-order valence-corrected chi connectivity index (χ2v) is 13.2. The van der Waals surface area contributed by atoms with Gasteiger partial charge in [-0.3, -0.25) is 0 Å². The van der Waals surface area contributed by atoms with Gasteiger partial charge in [0, 0.05) is 57.1 Å². The summed E-state index contributed by atoms with van der Waals surface area (Å²) < 4.78 is 119. The van der Waals surface area contributed by atoms with Crippen molar-refractivity contribution in [3.8, 4) is 44.8 Å². The molecule has 1 saturated carbocycles. The van der Waals surface area contributed by atoms with Crippen molar-refractivity contribution in [2.45, 2.75) is 59.5 Å². The molecule has 1 radical (unpaired) electrons. The van der Waals surface area contributed by atoms with Gasteiger partial charge in [-0.15, -0.1) is 47.5 Å². The van der Waals surface area contributed by atoms with Crippen molar-refractivity contribution < 1.29 is 43.7 Å². The number of benzene rings is 5. The van der Waals surface area contributed by atoms with E-state index in [0.717, 1.165) is 42.0 Å². The molecule has 0 saturated heterocycles. The van der Waals surface area contributed by atoms with Crippen molar-refractivity contribution in [3.63, 3.8) is 0 Å². The van der Waals surface area contributed by atoms with E-state index in [1.807, 2.05) is 60.7 Å². The molecule has 5 aromatic carbocycles. The minimum absolute atomic E-state index is 0. The van der Waals surface area contributed by atoms with E-state index in [4.69, 9.17) is 23.6 Å². The van der Waals surface area contributed by atoms with Crippen LogP contribution in [0.3, 0.4) is 0 Å². The van der Waals surface area contributed by atoms with Crippen LogP contribution in [-0.2, 0) is 26.5 Å². The smallest absolute Gasteiger partial charge is 0.120 e. The molecular formula is C50H44IrN2O-2. The van der Waals surface area contributed by atoms with Gasteiger partial charge < -0.3 is 14.4 Å². The van der Waals surface area contributed by atoms with Gasteiger partial charge in [0.2, 0.25) is 0 Å². The van der Waals surface area contributed by atoms with Gasteiger partial charge in [0.05, 0.1) is 5.58 Å². The predicted octanol–water partition coefficient (Wildman–Crippen LogP) is 13.3. The molecule has 0 bridgehead atoms. The molecule has 0 spiro atoms. The largest absolute Gasteiger partial charge is 0.501 e. The molecule has 3 heterocycles. The monoisotopic (exact) mass is 895 g/mol. The van der Waals surface area contributed by atoms with Crippen molar-refractivity contribution in [3.05, 3.63) is 168 Å². The molecule has 54 heavy (non-hydrogen) atoms. The molecule has 271 valence electrons. The summed E-state index contributed by atoms with van der Waals surface area (Å²) in [6.07, 6.45) is 4.28. The van der Waals surface area contributed by atoms with E-state index in [2.05, 4.69) is 22.1 Å².